The lowest BCUT2D eigenvalue weighted by molar-refractivity contribution is -0.125. The van der Waals surface area contributed by atoms with Crippen molar-refractivity contribution in [1.82, 2.24) is 5.32 Å². The van der Waals surface area contributed by atoms with Gasteiger partial charge in [-0.25, -0.2) is 9.10 Å². The Balaban J connectivity index is 1.92. The van der Waals surface area contributed by atoms with Crippen molar-refractivity contribution in [3.63, 3.8) is 0 Å². The second kappa shape index (κ2) is 13.1. The van der Waals surface area contributed by atoms with Crippen molar-refractivity contribution in [2.24, 2.45) is 5.73 Å². The van der Waals surface area contributed by atoms with Crippen LogP contribution in [-0.4, -0.2) is 56.3 Å². The second-order valence-corrected chi connectivity index (χ2v) is 13.9. The number of anilines is 3. The summed E-state index contributed by atoms with van der Waals surface area (Å²) < 4.78 is 64.0. The minimum Gasteiger partial charge on any atom is -0.351 e. The van der Waals surface area contributed by atoms with Gasteiger partial charge in [-0.1, -0.05) is 48.5 Å². The molecule has 250 valence electrons. The van der Waals surface area contributed by atoms with Gasteiger partial charge in [0.1, 0.15) is 12.6 Å². The van der Waals surface area contributed by atoms with E-state index in [9.17, 15) is 40.8 Å². The SMILES string of the molecule is Cc1ccc2c(c1)N(CC(=O)NC(C)(C)C)C(=O)C(N(C(N)=O)c1cccc(N(C=O)S(=O)(=O)C(F)(F)F)c1)CC2c1ccccc1. The molecule has 15 heteroatoms. The minimum absolute atomic E-state index is 0.0816. The number of hydrogen-bond donors (Lipinski definition) is 2. The van der Waals surface area contributed by atoms with E-state index in [4.69, 9.17) is 5.73 Å². The van der Waals surface area contributed by atoms with Gasteiger partial charge in [0.2, 0.25) is 12.3 Å². The second-order valence-electron chi connectivity index (χ2n) is 12.1. The molecular weight excluding hydrogens is 639 g/mol. The molecule has 0 aliphatic carbocycles. The summed E-state index contributed by atoms with van der Waals surface area (Å²) in [5.41, 5.74) is 0.985. The third-order valence-electron chi connectivity index (χ3n) is 7.44. The minimum atomic E-state index is -6.16. The Morgan fingerprint density at radius 3 is 2.21 bits per heavy atom. The highest BCUT2D eigenvalue weighted by Gasteiger charge is 2.51. The molecule has 3 N–H and O–H groups in total. The zero-order chi connectivity index (χ0) is 34.9. The lowest BCUT2D eigenvalue weighted by Crippen LogP contribution is -2.55. The van der Waals surface area contributed by atoms with Crippen LogP contribution >= 0.6 is 0 Å². The molecule has 0 saturated carbocycles. The molecule has 4 rings (SSSR count). The number of halogens is 3. The predicted molar refractivity (Wildman–Crippen MR) is 170 cm³/mol. The van der Waals surface area contributed by atoms with Crippen LogP contribution in [0.2, 0.25) is 0 Å². The van der Waals surface area contributed by atoms with E-state index in [-0.39, 0.29) is 12.1 Å². The Morgan fingerprint density at radius 1 is 1.00 bits per heavy atom. The van der Waals surface area contributed by atoms with Crippen LogP contribution in [0.1, 0.15) is 49.8 Å². The summed E-state index contributed by atoms with van der Waals surface area (Å²) in [6.07, 6.45) is -0.602. The first-order chi connectivity index (χ1) is 21.9. The highest BCUT2D eigenvalue weighted by molar-refractivity contribution is 7.94. The van der Waals surface area contributed by atoms with Gasteiger partial charge in [-0.2, -0.15) is 21.6 Å². The average Bonchev–Trinajstić information content (AvgIpc) is 3.07. The van der Waals surface area contributed by atoms with E-state index >= 15 is 0 Å². The molecule has 3 aromatic rings. The number of rotatable bonds is 8. The van der Waals surface area contributed by atoms with Crippen LogP contribution in [0.25, 0.3) is 0 Å². The van der Waals surface area contributed by atoms with Crippen molar-refractivity contribution < 1.29 is 40.8 Å². The number of alkyl halides is 3. The van der Waals surface area contributed by atoms with E-state index < -0.39 is 73.8 Å². The van der Waals surface area contributed by atoms with Crippen molar-refractivity contribution in [3.05, 3.63) is 89.5 Å². The number of sulfonamides is 1. The number of nitrogens with one attached hydrogen (secondary N) is 1. The maximum Gasteiger partial charge on any atom is 0.517 e. The Hall–Kier alpha value is -4.92. The fraction of sp³-hybridized carbons (Fsp3) is 0.312. The normalized spacial score (nSPS) is 16.9. The van der Waals surface area contributed by atoms with Crippen LogP contribution < -0.4 is 25.2 Å². The summed E-state index contributed by atoms with van der Waals surface area (Å²) in [6, 6.07) is 16.0. The highest BCUT2D eigenvalue weighted by Crippen LogP contribution is 2.42. The topological polar surface area (TPSA) is 150 Å². The smallest absolute Gasteiger partial charge is 0.351 e. The fourth-order valence-electron chi connectivity index (χ4n) is 5.52. The van der Waals surface area contributed by atoms with Crippen molar-refractivity contribution in [2.75, 3.05) is 20.6 Å². The summed E-state index contributed by atoms with van der Waals surface area (Å²) >= 11 is 0. The molecule has 1 aliphatic rings. The first kappa shape index (κ1) is 34.9. The molecule has 1 aliphatic heterocycles. The fourth-order valence-corrected chi connectivity index (χ4v) is 6.25. The number of nitrogens with zero attached hydrogens (tertiary/aromatic N) is 3. The standard InChI is InChI=1S/C32H34F3N5O6S/c1-20-13-14-24-25(21-9-6-5-7-10-21)17-27(29(43)38(26(24)15-20)18-28(42)37-31(2,3)4)40(30(36)44)23-12-8-11-22(16-23)39(19-41)47(45,46)32(33,34)35/h5-16,19,25,27H,17-18H2,1-4H3,(H2,36,44)(H,37,42). The van der Waals surface area contributed by atoms with Gasteiger partial charge in [0.15, 0.2) is 0 Å². The predicted octanol–water partition coefficient (Wildman–Crippen LogP) is 4.54. The van der Waals surface area contributed by atoms with Crippen molar-refractivity contribution in [1.29, 1.82) is 0 Å². The number of aryl methyl sites for hydroxylation is 1. The van der Waals surface area contributed by atoms with Crippen molar-refractivity contribution in [3.8, 4) is 0 Å². The van der Waals surface area contributed by atoms with Crippen LogP contribution in [0.3, 0.4) is 0 Å². The van der Waals surface area contributed by atoms with Gasteiger partial charge in [0, 0.05) is 22.8 Å². The number of fused-ring (bicyclic) bond motifs is 1. The van der Waals surface area contributed by atoms with Crippen molar-refractivity contribution in [2.45, 2.75) is 57.1 Å². The third kappa shape index (κ3) is 7.40. The number of primary amides is 1. The van der Waals surface area contributed by atoms with Gasteiger partial charge in [0.25, 0.3) is 5.91 Å². The molecular formula is C32H34F3N5O6S. The number of benzene rings is 3. The van der Waals surface area contributed by atoms with E-state index in [1.807, 2.05) is 31.2 Å². The van der Waals surface area contributed by atoms with Crippen LogP contribution in [0, 0.1) is 6.92 Å². The van der Waals surface area contributed by atoms with Crippen LogP contribution in [0.15, 0.2) is 72.8 Å². The lowest BCUT2D eigenvalue weighted by atomic mass is 9.85. The number of carbonyl (C=O) groups excluding carboxylic acids is 4. The molecule has 0 radical (unpaired) electrons. The van der Waals surface area contributed by atoms with E-state index in [0.717, 1.165) is 34.2 Å². The molecule has 5 amide bonds. The van der Waals surface area contributed by atoms with E-state index in [2.05, 4.69) is 5.32 Å². The monoisotopic (exact) mass is 673 g/mol. The highest BCUT2D eigenvalue weighted by atomic mass is 32.2. The molecule has 0 bridgehead atoms. The summed E-state index contributed by atoms with van der Waals surface area (Å²) in [4.78, 5) is 54.7. The summed E-state index contributed by atoms with van der Waals surface area (Å²) in [5.74, 6) is -1.76. The first-order valence-corrected chi connectivity index (χ1v) is 15.8. The number of carbonyl (C=O) groups is 4. The number of nitrogens with two attached hydrogens (primary N) is 1. The Labute approximate surface area is 270 Å². The van der Waals surface area contributed by atoms with Crippen LogP contribution in [-0.2, 0) is 24.4 Å². The third-order valence-corrected chi connectivity index (χ3v) is 8.84. The summed E-state index contributed by atoms with van der Waals surface area (Å²) in [6.45, 7) is 6.67. The lowest BCUT2D eigenvalue weighted by Gasteiger charge is -2.33. The van der Waals surface area contributed by atoms with E-state index in [1.54, 1.807) is 45.0 Å². The quantitative estimate of drug-likeness (QED) is 0.335. The largest absolute Gasteiger partial charge is 0.517 e. The van der Waals surface area contributed by atoms with Gasteiger partial charge in [0.05, 0.1) is 5.69 Å². The molecule has 0 spiro atoms. The molecule has 0 saturated heterocycles. The first-order valence-electron chi connectivity index (χ1n) is 14.4. The van der Waals surface area contributed by atoms with Crippen molar-refractivity contribution >= 4 is 51.3 Å². The molecule has 1 heterocycles. The van der Waals surface area contributed by atoms with Gasteiger partial charge in [-0.05, 0) is 75.1 Å². The zero-order valence-corrected chi connectivity index (χ0v) is 26.8. The van der Waals surface area contributed by atoms with Gasteiger partial charge in [-0.15, -0.1) is 0 Å². The van der Waals surface area contributed by atoms with Gasteiger partial charge < -0.3 is 16.0 Å². The molecule has 0 fully saturated rings. The summed E-state index contributed by atoms with van der Waals surface area (Å²) in [7, 11) is -6.16. The van der Waals surface area contributed by atoms with Gasteiger partial charge >= 0.3 is 21.6 Å². The van der Waals surface area contributed by atoms with Gasteiger partial charge in [-0.3, -0.25) is 19.3 Å². The maximum atomic E-state index is 14.6. The van der Waals surface area contributed by atoms with E-state index in [1.165, 1.54) is 11.0 Å². The Kier molecular flexibility index (Phi) is 9.71. The molecule has 3 aromatic carbocycles. The van der Waals surface area contributed by atoms with Crippen LogP contribution in [0.4, 0.5) is 35.0 Å². The average molecular weight is 674 g/mol. The number of urea groups is 1. The number of hydrogen-bond acceptors (Lipinski definition) is 6. The molecule has 47 heavy (non-hydrogen) atoms. The molecule has 0 aromatic heterocycles. The Bertz CT molecular complexity index is 1790. The number of amides is 5. The maximum absolute atomic E-state index is 14.6. The van der Waals surface area contributed by atoms with Crippen LogP contribution in [0.5, 0.6) is 0 Å². The molecule has 11 nitrogen and oxygen atoms in total. The molecule has 2 atom stereocenters. The summed E-state index contributed by atoms with van der Waals surface area (Å²) in [5, 5.41) is 2.82. The Morgan fingerprint density at radius 2 is 1.64 bits per heavy atom. The van der Waals surface area contributed by atoms with E-state index in [0.29, 0.717) is 11.3 Å². The zero-order valence-electron chi connectivity index (χ0n) is 26.0. The molecule has 2 unspecified atom stereocenters.